The maximum Gasteiger partial charge on any atom is 0.246 e. The Morgan fingerprint density at radius 3 is 2.77 bits per heavy atom. The van der Waals surface area contributed by atoms with Gasteiger partial charge >= 0.3 is 0 Å². The number of nitrogens with one attached hydrogen (secondary N) is 3. The lowest BCUT2D eigenvalue weighted by Crippen LogP contribution is -2.51. The summed E-state index contributed by atoms with van der Waals surface area (Å²) in [6.45, 7) is 1.29. The minimum Gasteiger partial charge on any atom is -0.366 e. The monoisotopic (exact) mass is 545 g/mol. The summed E-state index contributed by atoms with van der Waals surface area (Å²) in [5.74, 6) is 7.23. The van der Waals surface area contributed by atoms with Crippen molar-refractivity contribution in [2.24, 2.45) is 5.92 Å². The van der Waals surface area contributed by atoms with Crippen LogP contribution in [0.3, 0.4) is 0 Å². The van der Waals surface area contributed by atoms with Crippen molar-refractivity contribution >= 4 is 29.3 Å². The Hall–Kier alpha value is -3.97. The number of hydrogen-bond acceptors (Lipinski definition) is 7. The third-order valence-electron chi connectivity index (χ3n) is 7.25. The van der Waals surface area contributed by atoms with Gasteiger partial charge in [0.1, 0.15) is 17.7 Å². The Morgan fingerprint density at radius 2 is 2.02 bits per heavy atom. The van der Waals surface area contributed by atoms with Crippen molar-refractivity contribution in [2.45, 2.75) is 56.7 Å². The smallest absolute Gasteiger partial charge is 0.246 e. The van der Waals surface area contributed by atoms with Crippen molar-refractivity contribution in [1.29, 1.82) is 0 Å². The maximum absolute atomic E-state index is 13.5. The third kappa shape index (κ3) is 7.36. The molecule has 3 aliphatic rings. The van der Waals surface area contributed by atoms with E-state index < -0.39 is 6.04 Å². The van der Waals surface area contributed by atoms with Gasteiger partial charge in [-0.2, -0.15) is 4.98 Å². The number of carbonyl (C=O) groups excluding carboxylic acids is 2. The predicted octanol–water partition coefficient (Wildman–Crippen LogP) is 3.29. The molecule has 1 atom stereocenters. The van der Waals surface area contributed by atoms with Gasteiger partial charge in [0.2, 0.25) is 17.8 Å². The molecule has 3 fully saturated rings. The van der Waals surface area contributed by atoms with E-state index in [0.717, 1.165) is 32.1 Å². The van der Waals surface area contributed by atoms with Gasteiger partial charge in [0, 0.05) is 42.9 Å². The van der Waals surface area contributed by atoms with E-state index in [0.29, 0.717) is 48.6 Å². The summed E-state index contributed by atoms with van der Waals surface area (Å²) < 4.78 is 13.5. The maximum atomic E-state index is 13.5. The van der Waals surface area contributed by atoms with Gasteiger partial charge in [-0.15, -0.1) is 0 Å². The van der Waals surface area contributed by atoms with E-state index in [4.69, 9.17) is 0 Å². The van der Waals surface area contributed by atoms with Crippen LogP contribution >= 0.6 is 0 Å². The van der Waals surface area contributed by atoms with E-state index in [1.165, 1.54) is 12.1 Å². The van der Waals surface area contributed by atoms with E-state index in [-0.39, 0.29) is 29.6 Å². The quantitative estimate of drug-likeness (QED) is 0.328. The van der Waals surface area contributed by atoms with E-state index in [9.17, 15) is 14.0 Å². The van der Waals surface area contributed by atoms with Crippen LogP contribution in [-0.4, -0.2) is 76.9 Å². The number of anilines is 3. The van der Waals surface area contributed by atoms with Crippen LogP contribution in [0.2, 0.25) is 0 Å². The molecule has 10 heteroatoms. The fourth-order valence-corrected chi connectivity index (χ4v) is 4.85. The van der Waals surface area contributed by atoms with Gasteiger partial charge in [0.05, 0.1) is 11.8 Å². The first kappa shape index (κ1) is 27.6. The highest BCUT2D eigenvalue weighted by molar-refractivity contribution is 5.93. The molecule has 2 aliphatic carbocycles. The molecule has 1 aliphatic heterocycles. The second-order valence-electron chi connectivity index (χ2n) is 11.0. The fraction of sp³-hybridized carbons (Fsp3) is 0.467. The number of aromatic nitrogens is 2. The van der Waals surface area contributed by atoms with Gasteiger partial charge in [-0.1, -0.05) is 24.0 Å². The highest BCUT2D eigenvalue weighted by Gasteiger charge is 2.36. The molecule has 1 saturated heterocycles. The molecule has 0 unspecified atom stereocenters. The molecule has 2 heterocycles. The molecule has 1 aromatic heterocycles. The fourth-order valence-electron chi connectivity index (χ4n) is 4.85. The van der Waals surface area contributed by atoms with E-state index in [1.54, 1.807) is 29.3 Å². The summed E-state index contributed by atoms with van der Waals surface area (Å²) in [7, 11) is 3.89. The largest absolute Gasteiger partial charge is 0.366 e. The topological polar surface area (TPSA) is 102 Å². The van der Waals surface area contributed by atoms with Crippen LogP contribution in [0, 0.1) is 23.6 Å². The molecular formula is C30H36FN7O2. The Balaban J connectivity index is 1.15. The van der Waals surface area contributed by atoms with Crippen molar-refractivity contribution in [1.82, 2.24) is 25.1 Å². The highest BCUT2D eigenvalue weighted by atomic mass is 19.1. The van der Waals surface area contributed by atoms with Crippen molar-refractivity contribution in [2.75, 3.05) is 37.8 Å². The van der Waals surface area contributed by atoms with Crippen LogP contribution in [0.4, 0.5) is 21.8 Å². The molecular weight excluding hydrogens is 509 g/mol. The Bertz CT molecular complexity index is 1320. The van der Waals surface area contributed by atoms with Crippen LogP contribution in [0.15, 0.2) is 42.6 Å². The van der Waals surface area contributed by atoms with Crippen molar-refractivity contribution in [3.63, 3.8) is 0 Å². The zero-order valence-corrected chi connectivity index (χ0v) is 23.0. The van der Waals surface area contributed by atoms with Crippen LogP contribution in [-0.2, 0) is 9.59 Å². The second-order valence-corrected chi connectivity index (χ2v) is 11.0. The normalized spacial score (nSPS) is 22.0. The molecule has 1 aromatic carbocycles. The molecule has 0 bridgehead atoms. The molecule has 2 saturated carbocycles. The summed E-state index contributed by atoms with van der Waals surface area (Å²) in [6, 6.07) is 6.20. The number of likely N-dealkylation sites (N-methyl/N-ethyl adjacent to an activating group) is 1. The van der Waals surface area contributed by atoms with Gasteiger partial charge < -0.3 is 25.8 Å². The van der Waals surface area contributed by atoms with Crippen molar-refractivity contribution < 1.29 is 14.0 Å². The zero-order chi connectivity index (χ0) is 28.1. The second kappa shape index (κ2) is 12.5. The summed E-state index contributed by atoms with van der Waals surface area (Å²) in [5, 5.41) is 9.58. The average molecular weight is 546 g/mol. The van der Waals surface area contributed by atoms with Gasteiger partial charge in [0.15, 0.2) is 0 Å². The minimum atomic E-state index is -0.408. The zero-order valence-electron chi connectivity index (χ0n) is 23.0. The minimum absolute atomic E-state index is 0.0618. The van der Waals surface area contributed by atoms with E-state index in [1.807, 2.05) is 25.1 Å². The number of benzene rings is 1. The van der Waals surface area contributed by atoms with Crippen LogP contribution in [0.25, 0.3) is 0 Å². The van der Waals surface area contributed by atoms with Crippen molar-refractivity contribution in [3.05, 3.63) is 54.0 Å². The first-order chi connectivity index (χ1) is 19.3. The first-order valence-corrected chi connectivity index (χ1v) is 13.9. The first-order valence-electron chi connectivity index (χ1n) is 13.9. The summed E-state index contributed by atoms with van der Waals surface area (Å²) >= 11 is 0. The number of rotatable bonds is 9. The molecule has 2 aromatic rings. The lowest BCUT2D eigenvalue weighted by Gasteiger charge is -2.34. The summed E-state index contributed by atoms with van der Waals surface area (Å²) in [4.78, 5) is 38.2. The van der Waals surface area contributed by atoms with Crippen LogP contribution < -0.4 is 16.0 Å². The number of carbonyl (C=O) groups is 2. The molecule has 40 heavy (non-hydrogen) atoms. The highest BCUT2D eigenvalue weighted by Crippen LogP contribution is 2.29. The number of amides is 2. The lowest BCUT2D eigenvalue weighted by atomic mass is 9.80. The molecule has 5 rings (SSSR count). The molecule has 0 radical (unpaired) electrons. The van der Waals surface area contributed by atoms with Crippen molar-refractivity contribution in [3.8, 4) is 11.8 Å². The molecule has 2 amide bonds. The Labute approximate surface area is 234 Å². The number of halogens is 1. The van der Waals surface area contributed by atoms with Gasteiger partial charge in [-0.05, 0) is 70.8 Å². The Kier molecular flexibility index (Phi) is 8.60. The third-order valence-corrected chi connectivity index (χ3v) is 7.25. The van der Waals surface area contributed by atoms with E-state index in [2.05, 4.69) is 37.8 Å². The van der Waals surface area contributed by atoms with E-state index >= 15 is 0 Å². The molecule has 210 valence electrons. The average Bonchev–Trinajstić information content (AvgIpc) is 3.56. The molecule has 3 N–H and O–H groups in total. The van der Waals surface area contributed by atoms with Gasteiger partial charge in [-0.3, -0.25) is 9.59 Å². The standard InChI is InChI=1S/C30H36FN7O2/c1-37(2)14-5-9-27(39)38-15-4-8-26(38)29(40)34-25-16-20(17-25)10-11-21-19-32-30(36-28(21)33-23-12-13-23)35-24-7-3-6-22(31)18-24/h3,5-7,9,18-20,23,25-26H,4,8,12-17H2,1-2H3,(H,34,40)(H2,32,33,35,36)/b9-5+/t20?,25?,26-/m0/s1. The number of nitrogens with zero attached hydrogens (tertiary/aromatic N) is 4. The number of hydrogen-bond donors (Lipinski definition) is 3. The van der Waals surface area contributed by atoms with Crippen LogP contribution in [0.5, 0.6) is 0 Å². The Morgan fingerprint density at radius 1 is 1.20 bits per heavy atom. The van der Waals surface area contributed by atoms with Crippen LogP contribution in [0.1, 0.15) is 44.1 Å². The molecule has 9 nitrogen and oxygen atoms in total. The lowest BCUT2D eigenvalue weighted by molar-refractivity contribution is -0.135. The SMILES string of the molecule is CN(C)C/C=C/C(=O)N1CCC[C@H]1C(=O)NC1CC(C#Cc2cnc(Nc3cccc(F)c3)nc2NC2CC2)C1. The van der Waals surface area contributed by atoms with Gasteiger partial charge in [0.25, 0.3) is 0 Å². The summed E-state index contributed by atoms with van der Waals surface area (Å²) in [6.07, 6.45) is 10.3. The predicted molar refractivity (Wildman–Crippen MR) is 152 cm³/mol. The summed E-state index contributed by atoms with van der Waals surface area (Å²) in [5.41, 5.74) is 1.29. The number of likely N-dealkylation sites (tertiary alicyclic amines) is 1. The van der Waals surface area contributed by atoms with Gasteiger partial charge in [-0.25, -0.2) is 9.37 Å². The molecule has 0 spiro atoms.